The van der Waals surface area contributed by atoms with Crippen LogP contribution < -0.4 is 5.73 Å². The summed E-state index contributed by atoms with van der Waals surface area (Å²) in [4.78, 5) is 4.06. The van der Waals surface area contributed by atoms with E-state index in [2.05, 4.69) is 10.1 Å². The lowest BCUT2D eigenvalue weighted by Crippen LogP contribution is -2.02. The molecule has 0 unspecified atom stereocenters. The summed E-state index contributed by atoms with van der Waals surface area (Å²) < 4.78 is 14.3. The summed E-state index contributed by atoms with van der Waals surface area (Å²) in [6.45, 7) is 1.96. The Balaban J connectivity index is 2.48. The van der Waals surface area contributed by atoms with Gasteiger partial charge in [-0.15, -0.1) is 5.10 Å². The molecular weight excluding hydrogens is 195 g/mol. The van der Waals surface area contributed by atoms with Crippen molar-refractivity contribution in [3.63, 3.8) is 0 Å². The number of aromatic nitrogens is 3. The van der Waals surface area contributed by atoms with Crippen molar-refractivity contribution in [2.75, 3.05) is 5.73 Å². The van der Waals surface area contributed by atoms with Gasteiger partial charge in [-0.1, -0.05) is 6.92 Å². The molecule has 15 heavy (non-hydrogen) atoms. The Bertz CT molecular complexity index is 461. The maximum atomic E-state index is 12.7. The summed E-state index contributed by atoms with van der Waals surface area (Å²) in [7, 11) is 0. The van der Waals surface area contributed by atoms with Crippen molar-refractivity contribution >= 4 is 5.95 Å². The van der Waals surface area contributed by atoms with Crippen molar-refractivity contribution in [3.8, 4) is 5.69 Å². The molecule has 1 heterocycles. The Kier molecular flexibility index (Phi) is 2.37. The first-order valence-corrected chi connectivity index (χ1v) is 4.68. The second-order valence-electron chi connectivity index (χ2n) is 3.13. The fraction of sp³-hybridized carbons (Fsp3) is 0.200. The van der Waals surface area contributed by atoms with E-state index in [1.807, 2.05) is 6.92 Å². The average molecular weight is 206 g/mol. The normalized spacial score (nSPS) is 10.5. The molecule has 0 radical (unpaired) electrons. The van der Waals surface area contributed by atoms with Gasteiger partial charge in [0.1, 0.15) is 11.6 Å². The predicted molar refractivity (Wildman–Crippen MR) is 55.1 cm³/mol. The van der Waals surface area contributed by atoms with Crippen LogP contribution in [0.5, 0.6) is 0 Å². The molecule has 0 saturated heterocycles. The van der Waals surface area contributed by atoms with Gasteiger partial charge in [0.05, 0.1) is 5.69 Å². The Morgan fingerprint density at radius 2 is 2.00 bits per heavy atom. The van der Waals surface area contributed by atoms with Crippen LogP contribution >= 0.6 is 0 Å². The third-order valence-electron chi connectivity index (χ3n) is 2.08. The first-order chi connectivity index (χ1) is 7.20. The number of hydrogen-bond acceptors (Lipinski definition) is 3. The molecule has 4 nitrogen and oxygen atoms in total. The number of halogens is 1. The van der Waals surface area contributed by atoms with E-state index in [9.17, 15) is 4.39 Å². The number of benzene rings is 1. The predicted octanol–water partition coefficient (Wildman–Crippen LogP) is 1.55. The van der Waals surface area contributed by atoms with Crippen LogP contribution in [0.1, 0.15) is 12.7 Å². The lowest BCUT2D eigenvalue weighted by atomic mass is 10.3. The molecule has 5 heteroatoms. The molecule has 0 spiro atoms. The van der Waals surface area contributed by atoms with Crippen molar-refractivity contribution in [2.24, 2.45) is 0 Å². The molecule has 0 saturated carbocycles. The van der Waals surface area contributed by atoms with Crippen LogP contribution in [0.3, 0.4) is 0 Å². The standard InChI is InChI=1S/C10H11FN4/c1-2-9-13-10(12)14-15(9)8-5-3-7(11)4-6-8/h3-6H,2H2,1H3,(H2,12,14). The summed E-state index contributed by atoms with van der Waals surface area (Å²) in [5.41, 5.74) is 6.27. The fourth-order valence-corrected chi connectivity index (χ4v) is 1.38. The first kappa shape index (κ1) is 9.64. The number of rotatable bonds is 2. The van der Waals surface area contributed by atoms with Crippen molar-refractivity contribution in [3.05, 3.63) is 35.9 Å². The van der Waals surface area contributed by atoms with Gasteiger partial charge in [0.2, 0.25) is 5.95 Å². The molecule has 1 aromatic heterocycles. The highest BCUT2D eigenvalue weighted by Gasteiger charge is 2.07. The maximum Gasteiger partial charge on any atom is 0.240 e. The van der Waals surface area contributed by atoms with Crippen LogP contribution in [0.2, 0.25) is 0 Å². The van der Waals surface area contributed by atoms with Crippen LogP contribution in [-0.4, -0.2) is 14.8 Å². The van der Waals surface area contributed by atoms with E-state index >= 15 is 0 Å². The van der Waals surface area contributed by atoms with E-state index in [0.717, 1.165) is 17.9 Å². The van der Waals surface area contributed by atoms with Crippen molar-refractivity contribution in [2.45, 2.75) is 13.3 Å². The number of nitrogens with two attached hydrogens (primary N) is 1. The molecule has 0 aliphatic heterocycles. The monoisotopic (exact) mass is 206 g/mol. The fourth-order valence-electron chi connectivity index (χ4n) is 1.38. The topological polar surface area (TPSA) is 56.7 Å². The highest BCUT2D eigenvalue weighted by molar-refractivity contribution is 5.33. The van der Waals surface area contributed by atoms with Gasteiger partial charge in [0.25, 0.3) is 0 Å². The number of aryl methyl sites for hydroxylation is 1. The Hall–Kier alpha value is -1.91. The van der Waals surface area contributed by atoms with E-state index in [0.29, 0.717) is 0 Å². The first-order valence-electron chi connectivity index (χ1n) is 4.68. The average Bonchev–Trinajstić information content (AvgIpc) is 2.61. The zero-order valence-electron chi connectivity index (χ0n) is 8.31. The quantitative estimate of drug-likeness (QED) is 0.811. The van der Waals surface area contributed by atoms with E-state index in [1.165, 1.54) is 12.1 Å². The molecule has 2 aromatic rings. The van der Waals surface area contributed by atoms with Crippen molar-refractivity contribution in [1.82, 2.24) is 14.8 Å². The van der Waals surface area contributed by atoms with Crippen LogP contribution in [0.25, 0.3) is 5.69 Å². The number of nitrogen functional groups attached to an aromatic ring is 1. The van der Waals surface area contributed by atoms with Crippen LogP contribution in [0.4, 0.5) is 10.3 Å². The molecule has 0 fully saturated rings. The second kappa shape index (κ2) is 3.68. The Morgan fingerprint density at radius 1 is 1.33 bits per heavy atom. The maximum absolute atomic E-state index is 12.7. The summed E-state index contributed by atoms with van der Waals surface area (Å²) in [6.07, 6.45) is 0.724. The van der Waals surface area contributed by atoms with Gasteiger partial charge < -0.3 is 5.73 Å². The van der Waals surface area contributed by atoms with Gasteiger partial charge in [0, 0.05) is 6.42 Å². The van der Waals surface area contributed by atoms with Crippen LogP contribution in [-0.2, 0) is 6.42 Å². The third kappa shape index (κ3) is 1.81. The van der Waals surface area contributed by atoms with Gasteiger partial charge >= 0.3 is 0 Å². The second-order valence-corrected chi connectivity index (χ2v) is 3.13. The lowest BCUT2D eigenvalue weighted by Gasteiger charge is -2.03. The van der Waals surface area contributed by atoms with Crippen molar-refractivity contribution in [1.29, 1.82) is 0 Å². The largest absolute Gasteiger partial charge is 0.366 e. The van der Waals surface area contributed by atoms with Crippen molar-refractivity contribution < 1.29 is 4.39 Å². The van der Waals surface area contributed by atoms with E-state index in [4.69, 9.17) is 5.73 Å². The lowest BCUT2D eigenvalue weighted by molar-refractivity contribution is 0.626. The van der Waals surface area contributed by atoms with Gasteiger partial charge in [0.15, 0.2) is 0 Å². The Labute approximate surface area is 86.6 Å². The zero-order valence-corrected chi connectivity index (χ0v) is 8.31. The zero-order chi connectivity index (χ0) is 10.8. The van der Waals surface area contributed by atoms with Gasteiger partial charge in [-0.05, 0) is 24.3 Å². The number of anilines is 1. The summed E-state index contributed by atoms with van der Waals surface area (Å²) in [5, 5.41) is 4.04. The smallest absolute Gasteiger partial charge is 0.240 e. The minimum Gasteiger partial charge on any atom is -0.366 e. The van der Waals surface area contributed by atoms with Crippen LogP contribution in [0.15, 0.2) is 24.3 Å². The minimum absolute atomic E-state index is 0.233. The minimum atomic E-state index is -0.273. The van der Waals surface area contributed by atoms with Crippen LogP contribution in [0, 0.1) is 5.82 Å². The van der Waals surface area contributed by atoms with Gasteiger partial charge in [-0.3, -0.25) is 0 Å². The van der Waals surface area contributed by atoms with E-state index < -0.39 is 0 Å². The van der Waals surface area contributed by atoms with Gasteiger partial charge in [-0.25, -0.2) is 9.07 Å². The molecule has 0 amide bonds. The number of nitrogens with zero attached hydrogens (tertiary/aromatic N) is 3. The molecule has 1 aromatic carbocycles. The summed E-state index contributed by atoms with van der Waals surface area (Å²) in [6, 6.07) is 6.05. The highest BCUT2D eigenvalue weighted by Crippen LogP contribution is 2.11. The summed E-state index contributed by atoms with van der Waals surface area (Å²) >= 11 is 0. The molecule has 0 aliphatic rings. The van der Waals surface area contributed by atoms with E-state index in [-0.39, 0.29) is 11.8 Å². The molecule has 0 atom stereocenters. The Morgan fingerprint density at radius 3 is 2.60 bits per heavy atom. The molecule has 2 N–H and O–H groups in total. The number of hydrogen-bond donors (Lipinski definition) is 1. The van der Waals surface area contributed by atoms with E-state index in [1.54, 1.807) is 16.8 Å². The SMILES string of the molecule is CCc1nc(N)nn1-c1ccc(F)cc1. The molecule has 78 valence electrons. The van der Waals surface area contributed by atoms with Gasteiger partial charge in [-0.2, -0.15) is 4.98 Å². The summed E-state index contributed by atoms with van der Waals surface area (Å²) in [5.74, 6) is 0.722. The molecular formula is C10H11FN4. The molecule has 0 bridgehead atoms. The highest BCUT2D eigenvalue weighted by atomic mass is 19.1. The molecule has 2 rings (SSSR count). The molecule has 0 aliphatic carbocycles. The third-order valence-corrected chi connectivity index (χ3v) is 2.08.